The van der Waals surface area contributed by atoms with Crippen LogP contribution in [0.5, 0.6) is 0 Å². The Kier molecular flexibility index (Phi) is 0.171. The van der Waals surface area contributed by atoms with Gasteiger partial charge in [0.1, 0.15) is 6.61 Å². The Hall–Kier alpha value is -0.570. The normalized spacial score (nSPS) is 49.0. The minimum absolute atomic E-state index is 0.206. The molecule has 0 bridgehead atoms. The van der Waals surface area contributed by atoms with Crippen molar-refractivity contribution in [3.63, 3.8) is 0 Å². The van der Waals surface area contributed by atoms with Crippen LogP contribution in [-0.4, -0.2) is 18.4 Å². The van der Waals surface area contributed by atoms with E-state index in [0.29, 0.717) is 6.61 Å². The lowest BCUT2D eigenvalue weighted by atomic mass is 10.6. The summed E-state index contributed by atoms with van der Waals surface area (Å²) in [6.45, 7) is 0.478. The fourth-order valence-electron chi connectivity index (χ4n) is 0.367. The molecule has 6 heavy (non-hydrogen) atoms. The molecule has 2 fully saturated rings. The van der Waals surface area contributed by atoms with Gasteiger partial charge in [-0.3, -0.25) is 0 Å². The van der Waals surface area contributed by atoms with E-state index in [0.717, 1.165) is 0 Å². The van der Waals surface area contributed by atoms with E-state index in [1.54, 1.807) is 0 Å². The topological polar surface area (TPSA) is 42.1 Å². The number of rotatable bonds is 0. The molecule has 1 unspecified atom stereocenters. The summed E-state index contributed by atoms with van der Waals surface area (Å²) in [5, 5.41) is 0. The molecule has 0 aromatic rings. The smallest absolute Gasteiger partial charge is 0.385 e. The Morgan fingerprint density at radius 2 is 2.33 bits per heavy atom. The molecular weight excluding hydrogens is 84.0 g/mol. The molecule has 32 valence electrons. The van der Waals surface area contributed by atoms with E-state index in [-0.39, 0.29) is 5.97 Å². The van der Waals surface area contributed by atoms with Gasteiger partial charge in [0.25, 0.3) is 0 Å². The van der Waals surface area contributed by atoms with Crippen molar-refractivity contribution in [2.24, 2.45) is 0 Å². The first-order valence-electron chi connectivity index (χ1n) is 1.71. The monoisotopic (exact) mass is 86.0 g/mol. The Balaban J connectivity index is 2.36. The highest BCUT2D eigenvalue weighted by molar-refractivity contribution is 5.93. The number of epoxide rings is 2. The maximum Gasteiger partial charge on any atom is 0.385 e. The second-order valence-electron chi connectivity index (χ2n) is 1.43. The molecule has 2 aliphatic rings. The molecule has 3 heteroatoms. The summed E-state index contributed by atoms with van der Waals surface area (Å²) in [6, 6.07) is 0. The van der Waals surface area contributed by atoms with Gasteiger partial charge in [-0.1, -0.05) is 0 Å². The van der Waals surface area contributed by atoms with Crippen molar-refractivity contribution in [2.75, 3.05) is 6.61 Å². The molecule has 0 radical (unpaired) electrons. The van der Waals surface area contributed by atoms with Crippen LogP contribution in [0.15, 0.2) is 0 Å². The maximum atomic E-state index is 9.92. The summed E-state index contributed by atoms with van der Waals surface area (Å²) in [6.07, 6.45) is 0. The average Bonchev–Trinajstić information content (AvgIpc) is 2.25. The van der Waals surface area contributed by atoms with Crippen LogP contribution in [0.3, 0.4) is 0 Å². The predicted octanol–water partition coefficient (Wildman–Crippen LogP) is -0.730. The predicted molar refractivity (Wildman–Crippen MR) is 14.8 cm³/mol. The van der Waals surface area contributed by atoms with Crippen molar-refractivity contribution in [1.29, 1.82) is 0 Å². The van der Waals surface area contributed by atoms with E-state index in [2.05, 4.69) is 9.47 Å². The molecule has 2 aliphatic heterocycles. The van der Waals surface area contributed by atoms with Gasteiger partial charge in [-0.25, -0.2) is 4.79 Å². The average molecular weight is 86.0 g/mol. The third-order valence-electron chi connectivity index (χ3n) is 0.933. The molecule has 2 saturated heterocycles. The molecule has 0 N–H and O–H groups in total. The first-order chi connectivity index (χ1) is 2.83. The van der Waals surface area contributed by atoms with Crippen molar-refractivity contribution in [2.45, 2.75) is 5.79 Å². The molecule has 1 atom stereocenters. The minimum atomic E-state index is -0.681. The quantitative estimate of drug-likeness (QED) is 0.365. The van der Waals surface area contributed by atoms with Crippen molar-refractivity contribution >= 4 is 5.97 Å². The summed E-state index contributed by atoms with van der Waals surface area (Å²) in [5.41, 5.74) is 0. The Morgan fingerprint density at radius 1 is 1.83 bits per heavy atom. The van der Waals surface area contributed by atoms with Crippen LogP contribution >= 0.6 is 0 Å². The zero-order valence-corrected chi connectivity index (χ0v) is 2.93. The molecule has 0 aromatic heterocycles. The fourth-order valence-corrected chi connectivity index (χ4v) is 0.367. The van der Waals surface area contributed by atoms with E-state index in [1.807, 2.05) is 0 Å². The zero-order chi connectivity index (χ0) is 4.20. The van der Waals surface area contributed by atoms with E-state index < -0.39 is 5.79 Å². The van der Waals surface area contributed by atoms with Crippen LogP contribution in [0, 0.1) is 0 Å². The van der Waals surface area contributed by atoms with Gasteiger partial charge in [0.2, 0.25) is 0 Å². The molecule has 2 heterocycles. The van der Waals surface area contributed by atoms with Gasteiger partial charge in [0.05, 0.1) is 0 Å². The van der Waals surface area contributed by atoms with Crippen LogP contribution < -0.4 is 0 Å². The van der Waals surface area contributed by atoms with Crippen molar-refractivity contribution in [3.05, 3.63) is 0 Å². The summed E-state index contributed by atoms with van der Waals surface area (Å²) in [7, 11) is 0. The highest BCUT2D eigenvalue weighted by Crippen LogP contribution is 2.42. The Bertz CT molecular complexity index is 113. The standard InChI is InChI=1S/C3H2O3/c4-2-3(6-2)1-5-3/h1H2. The molecule has 0 aromatic carbocycles. The zero-order valence-electron chi connectivity index (χ0n) is 2.93. The lowest BCUT2D eigenvalue weighted by molar-refractivity contribution is -0.117. The highest BCUT2D eigenvalue weighted by Gasteiger charge is 2.72. The molecule has 0 amide bonds. The van der Waals surface area contributed by atoms with Crippen LogP contribution in [0.25, 0.3) is 0 Å². The third kappa shape index (κ3) is 0.112. The SMILES string of the molecule is O=C1OC12CO2. The van der Waals surface area contributed by atoms with Crippen LogP contribution in [0.4, 0.5) is 0 Å². The lowest BCUT2D eigenvalue weighted by Crippen LogP contribution is -1.81. The number of carbonyl (C=O) groups excluding carboxylic acids is 1. The van der Waals surface area contributed by atoms with Crippen molar-refractivity contribution in [3.8, 4) is 0 Å². The molecule has 0 aliphatic carbocycles. The Labute approximate surface area is 33.8 Å². The minimum Gasteiger partial charge on any atom is -0.414 e. The highest BCUT2D eigenvalue weighted by atomic mass is 16.9. The second kappa shape index (κ2) is 0.399. The first-order valence-corrected chi connectivity index (χ1v) is 1.71. The fraction of sp³-hybridized carbons (Fsp3) is 0.667. The van der Waals surface area contributed by atoms with Gasteiger partial charge in [-0.05, 0) is 0 Å². The third-order valence-corrected chi connectivity index (χ3v) is 0.933. The summed E-state index contributed by atoms with van der Waals surface area (Å²) in [5.74, 6) is -0.887. The summed E-state index contributed by atoms with van der Waals surface area (Å²) >= 11 is 0. The molecule has 2 rings (SSSR count). The van der Waals surface area contributed by atoms with Gasteiger partial charge in [-0.15, -0.1) is 0 Å². The van der Waals surface area contributed by atoms with E-state index >= 15 is 0 Å². The van der Waals surface area contributed by atoms with Crippen LogP contribution in [0.1, 0.15) is 0 Å². The molecule has 3 nitrogen and oxygen atoms in total. The number of hydrogen-bond acceptors (Lipinski definition) is 3. The van der Waals surface area contributed by atoms with Crippen molar-refractivity contribution < 1.29 is 14.3 Å². The van der Waals surface area contributed by atoms with Gasteiger partial charge in [0.15, 0.2) is 0 Å². The maximum absolute atomic E-state index is 9.92. The molecular formula is C3H2O3. The lowest BCUT2D eigenvalue weighted by Gasteiger charge is -1.49. The van der Waals surface area contributed by atoms with Crippen molar-refractivity contribution in [1.82, 2.24) is 0 Å². The van der Waals surface area contributed by atoms with Crippen LogP contribution in [-0.2, 0) is 14.3 Å². The molecule has 1 spiro atoms. The number of carbonyl (C=O) groups is 1. The summed E-state index contributed by atoms with van der Waals surface area (Å²) in [4.78, 5) is 9.92. The largest absolute Gasteiger partial charge is 0.414 e. The van der Waals surface area contributed by atoms with E-state index in [4.69, 9.17) is 0 Å². The van der Waals surface area contributed by atoms with E-state index in [1.165, 1.54) is 0 Å². The van der Waals surface area contributed by atoms with Gasteiger partial charge < -0.3 is 9.47 Å². The van der Waals surface area contributed by atoms with E-state index in [9.17, 15) is 4.79 Å². The van der Waals surface area contributed by atoms with Crippen LogP contribution in [0.2, 0.25) is 0 Å². The number of hydrogen-bond donors (Lipinski definition) is 0. The summed E-state index contributed by atoms with van der Waals surface area (Å²) < 4.78 is 8.90. The second-order valence-corrected chi connectivity index (χ2v) is 1.43. The first kappa shape index (κ1) is 2.58. The van der Waals surface area contributed by atoms with Gasteiger partial charge in [-0.2, -0.15) is 0 Å². The van der Waals surface area contributed by atoms with Gasteiger partial charge in [0, 0.05) is 0 Å². The Morgan fingerprint density at radius 3 is 2.33 bits per heavy atom. The van der Waals surface area contributed by atoms with Gasteiger partial charge >= 0.3 is 11.8 Å². The molecule has 0 saturated carbocycles. The number of ether oxygens (including phenoxy) is 2.